The Kier molecular flexibility index (Phi) is 4.34. The second-order valence-corrected chi connectivity index (χ2v) is 5.25. The summed E-state index contributed by atoms with van der Waals surface area (Å²) in [5.74, 6) is 1.02. The number of aromatic nitrogens is 3. The summed E-state index contributed by atoms with van der Waals surface area (Å²) in [6.07, 6.45) is 0. The van der Waals surface area contributed by atoms with Crippen LogP contribution in [0.1, 0.15) is 17.1 Å². The first kappa shape index (κ1) is 13.8. The Bertz CT molecular complexity index is 569. The third kappa shape index (κ3) is 3.90. The third-order valence-corrected chi connectivity index (χ3v) is 3.16. The number of hydrogen-bond acceptors (Lipinski definition) is 6. The summed E-state index contributed by atoms with van der Waals surface area (Å²) in [5, 5.41) is 1.68. The molecule has 6 heteroatoms. The Hall–Kier alpha value is -1.66. The van der Waals surface area contributed by atoms with E-state index in [1.807, 2.05) is 26.0 Å². The first-order chi connectivity index (χ1) is 9.06. The maximum atomic E-state index is 5.76. The van der Waals surface area contributed by atoms with Crippen molar-refractivity contribution >= 4 is 17.6 Å². The topological polar surface area (TPSA) is 73.9 Å². The van der Waals surface area contributed by atoms with Crippen molar-refractivity contribution in [3.05, 3.63) is 35.3 Å². The van der Waals surface area contributed by atoms with Crippen molar-refractivity contribution in [1.29, 1.82) is 0 Å². The highest BCUT2D eigenvalue weighted by Gasteiger charge is 2.06. The summed E-state index contributed by atoms with van der Waals surface area (Å²) in [7, 11) is 1.60. The lowest BCUT2D eigenvalue weighted by molar-refractivity contribution is 0.177. The van der Waals surface area contributed by atoms with Crippen molar-refractivity contribution in [1.82, 2.24) is 15.0 Å². The molecule has 0 radical (unpaired) electrons. The molecule has 0 aromatic carbocycles. The van der Waals surface area contributed by atoms with Crippen molar-refractivity contribution in [3.63, 3.8) is 0 Å². The first-order valence-corrected chi connectivity index (χ1v) is 6.64. The van der Waals surface area contributed by atoms with E-state index in [-0.39, 0.29) is 0 Å². The zero-order valence-corrected chi connectivity index (χ0v) is 12.0. The SMILES string of the molecule is COCc1nc(N)cc(Sc2cc(C)cc(C)n2)n1. The minimum Gasteiger partial charge on any atom is -0.384 e. The average molecular weight is 276 g/mol. The van der Waals surface area contributed by atoms with Gasteiger partial charge in [0.15, 0.2) is 5.82 Å². The van der Waals surface area contributed by atoms with Crippen LogP contribution in [0.25, 0.3) is 0 Å². The number of hydrogen-bond donors (Lipinski definition) is 1. The van der Waals surface area contributed by atoms with Gasteiger partial charge in [-0.05, 0) is 43.3 Å². The standard InChI is InChI=1S/C13H16N4OS/c1-8-4-9(2)15-12(5-8)19-13-6-10(14)16-11(17-13)7-18-3/h4-6H,7H2,1-3H3,(H2,14,16,17). The van der Waals surface area contributed by atoms with Gasteiger partial charge >= 0.3 is 0 Å². The second kappa shape index (κ2) is 5.99. The highest BCUT2D eigenvalue weighted by Crippen LogP contribution is 2.26. The lowest BCUT2D eigenvalue weighted by Crippen LogP contribution is -2.02. The number of nitrogens with two attached hydrogens (primary N) is 1. The quantitative estimate of drug-likeness (QED) is 0.864. The van der Waals surface area contributed by atoms with Gasteiger partial charge in [-0.2, -0.15) is 0 Å². The molecule has 0 aliphatic carbocycles. The zero-order chi connectivity index (χ0) is 13.8. The molecule has 5 nitrogen and oxygen atoms in total. The fourth-order valence-electron chi connectivity index (χ4n) is 1.70. The van der Waals surface area contributed by atoms with Gasteiger partial charge in [0.1, 0.15) is 22.5 Å². The number of anilines is 1. The summed E-state index contributed by atoms with van der Waals surface area (Å²) in [5.41, 5.74) is 7.93. The zero-order valence-electron chi connectivity index (χ0n) is 11.2. The Labute approximate surface area is 116 Å². The minimum atomic E-state index is 0.346. The Morgan fingerprint density at radius 1 is 1.11 bits per heavy atom. The fourth-order valence-corrected chi connectivity index (χ4v) is 2.68. The molecule has 100 valence electrons. The van der Waals surface area contributed by atoms with Crippen LogP contribution in [0.15, 0.2) is 28.3 Å². The van der Waals surface area contributed by atoms with E-state index in [2.05, 4.69) is 15.0 Å². The van der Waals surface area contributed by atoms with Crippen LogP contribution in [-0.4, -0.2) is 22.1 Å². The molecular weight excluding hydrogens is 260 g/mol. The molecule has 2 aromatic heterocycles. The molecular formula is C13H16N4OS. The Balaban J connectivity index is 2.27. The number of nitrogen functional groups attached to an aromatic ring is 1. The van der Waals surface area contributed by atoms with Crippen LogP contribution in [0.5, 0.6) is 0 Å². The van der Waals surface area contributed by atoms with E-state index in [1.165, 1.54) is 17.3 Å². The molecule has 19 heavy (non-hydrogen) atoms. The van der Waals surface area contributed by atoms with Crippen molar-refractivity contribution in [2.24, 2.45) is 0 Å². The van der Waals surface area contributed by atoms with Crippen LogP contribution in [0, 0.1) is 13.8 Å². The van der Waals surface area contributed by atoms with Gasteiger partial charge in [-0.25, -0.2) is 15.0 Å². The summed E-state index contributed by atoms with van der Waals surface area (Å²) in [4.78, 5) is 13.0. The lowest BCUT2D eigenvalue weighted by atomic mass is 10.3. The van der Waals surface area contributed by atoms with E-state index in [0.29, 0.717) is 18.2 Å². The Morgan fingerprint density at radius 3 is 2.53 bits per heavy atom. The van der Waals surface area contributed by atoms with Gasteiger partial charge in [0, 0.05) is 18.9 Å². The molecule has 0 aliphatic heterocycles. The average Bonchev–Trinajstić information content (AvgIpc) is 2.26. The van der Waals surface area contributed by atoms with Crippen LogP contribution < -0.4 is 5.73 Å². The summed E-state index contributed by atoms with van der Waals surface area (Å²) in [6, 6.07) is 5.80. The van der Waals surface area contributed by atoms with Gasteiger partial charge in [-0.1, -0.05) is 0 Å². The smallest absolute Gasteiger partial charge is 0.157 e. The number of pyridine rings is 1. The van der Waals surface area contributed by atoms with Crippen LogP contribution in [0.4, 0.5) is 5.82 Å². The molecule has 0 aliphatic rings. The van der Waals surface area contributed by atoms with Crippen LogP contribution >= 0.6 is 11.8 Å². The Morgan fingerprint density at radius 2 is 1.84 bits per heavy atom. The van der Waals surface area contributed by atoms with Crippen molar-refractivity contribution in [2.75, 3.05) is 12.8 Å². The number of methoxy groups -OCH3 is 1. The molecule has 0 amide bonds. The monoisotopic (exact) mass is 276 g/mol. The van der Waals surface area contributed by atoms with E-state index >= 15 is 0 Å². The van der Waals surface area contributed by atoms with E-state index in [1.54, 1.807) is 13.2 Å². The number of nitrogens with zero attached hydrogens (tertiary/aromatic N) is 3. The van der Waals surface area contributed by atoms with Gasteiger partial charge in [0.2, 0.25) is 0 Å². The molecule has 0 saturated heterocycles. The number of rotatable bonds is 4. The molecule has 0 atom stereocenters. The van der Waals surface area contributed by atoms with E-state index in [4.69, 9.17) is 10.5 Å². The second-order valence-electron chi connectivity index (χ2n) is 4.21. The van der Waals surface area contributed by atoms with Crippen molar-refractivity contribution in [2.45, 2.75) is 30.5 Å². The first-order valence-electron chi connectivity index (χ1n) is 5.82. The van der Waals surface area contributed by atoms with Gasteiger partial charge in [0.25, 0.3) is 0 Å². The lowest BCUT2D eigenvalue weighted by Gasteiger charge is -2.06. The van der Waals surface area contributed by atoms with Gasteiger partial charge in [0.05, 0.1) is 0 Å². The minimum absolute atomic E-state index is 0.346. The molecule has 2 N–H and O–H groups in total. The maximum Gasteiger partial charge on any atom is 0.157 e. The van der Waals surface area contributed by atoms with Crippen LogP contribution in [0.2, 0.25) is 0 Å². The molecule has 0 bridgehead atoms. The van der Waals surface area contributed by atoms with Gasteiger partial charge in [-0.15, -0.1) is 0 Å². The molecule has 2 aromatic rings. The number of ether oxygens (including phenoxy) is 1. The van der Waals surface area contributed by atoms with E-state index in [9.17, 15) is 0 Å². The number of aryl methyl sites for hydroxylation is 2. The highest BCUT2D eigenvalue weighted by atomic mass is 32.2. The van der Waals surface area contributed by atoms with Crippen molar-refractivity contribution in [3.8, 4) is 0 Å². The fraction of sp³-hybridized carbons (Fsp3) is 0.308. The predicted octanol–water partition coefficient (Wildman–Crippen LogP) is 2.37. The predicted molar refractivity (Wildman–Crippen MR) is 75.0 cm³/mol. The summed E-state index contributed by atoms with van der Waals surface area (Å²) < 4.78 is 5.02. The van der Waals surface area contributed by atoms with Gasteiger partial charge < -0.3 is 10.5 Å². The molecule has 0 unspecified atom stereocenters. The molecule has 2 rings (SSSR count). The van der Waals surface area contributed by atoms with Crippen LogP contribution in [-0.2, 0) is 11.3 Å². The summed E-state index contributed by atoms with van der Waals surface area (Å²) >= 11 is 1.47. The largest absolute Gasteiger partial charge is 0.384 e. The van der Waals surface area contributed by atoms with E-state index < -0.39 is 0 Å². The highest BCUT2D eigenvalue weighted by molar-refractivity contribution is 7.99. The molecule has 0 spiro atoms. The van der Waals surface area contributed by atoms with E-state index in [0.717, 1.165) is 15.7 Å². The molecule has 0 saturated carbocycles. The molecule has 2 heterocycles. The summed E-state index contributed by atoms with van der Waals surface area (Å²) in [6.45, 7) is 4.37. The molecule has 0 fully saturated rings. The van der Waals surface area contributed by atoms with Crippen LogP contribution in [0.3, 0.4) is 0 Å². The van der Waals surface area contributed by atoms with Crippen molar-refractivity contribution < 1.29 is 4.74 Å². The third-order valence-electron chi connectivity index (χ3n) is 2.33. The van der Waals surface area contributed by atoms with Gasteiger partial charge in [-0.3, -0.25) is 0 Å². The maximum absolute atomic E-state index is 5.76. The normalized spacial score (nSPS) is 10.7.